The number of hydrogen-bond acceptors (Lipinski definition) is 4. The number of benzene rings is 1. The highest BCUT2D eigenvalue weighted by molar-refractivity contribution is 7.10. The monoisotopic (exact) mass is 367 g/mol. The molecule has 1 aromatic carbocycles. The number of hydrogen-bond donors (Lipinski definition) is 1. The third-order valence-electron chi connectivity index (χ3n) is 5.09. The molecular weight excluding hydrogens is 346 g/mol. The number of thiophene rings is 1. The molecule has 2 aromatic heterocycles. The molecule has 1 aliphatic carbocycles. The molecule has 0 bridgehead atoms. The highest BCUT2D eigenvalue weighted by Crippen LogP contribution is 2.37. The quantitative estimate of drug-likeness (QED) is 0.751. The molecule has 0 unspecified atom stereocenters. The van der Waals surface area contributed by atoms with Crippen LogP contribution in [-0.4, -0.2) is 15.7 Å². The van der Waals surface area contributed by atoms with Gasteiger partial charge in [-0.15, -0.1) is 11.3 Å². The lowest BCUT2D eigenvalue weighted by molar-refractivity contribution is -0.123. The summed E-state index contributed by atoms with van der Waals surface area (Å²) in [5.74, 6) is 0.305. The van der Waals surface area contributed by atoms with Crippen molar-refractivity contribution in [2.75, 3.05) is 0 Å². The van der Waals surface area contributed by atoms with E-state index >= 15 is 0 Å². The summed E-state index contributed by atoms with van der Waals surface area (Å²) in [5.41, 5.74) is -0.230. The van der Waals surface area contributed by atoms with Crippen LogP contribution < -0.4 is 10.9 Å². The Morgan fingerprint density at radius 3 is 2.81 bits per heavy atom. The molecule has 1 aliphatic rings. The van der Waals surface area contributed by atoms with Crippen LogP contribution in [0.2, 0.25) is 0 Å². The van der Waals surface area contributed by atoms with Crippen LogP contribution in [0.1, 0.15) is 36.6 Å². The van der Waals surface area contributed by atoms with Crippen LogP contribution in [0.25, 0.3) is 10.8 Å². The summed E-state index contributed by atoms with van der Waals surface area (Å²) >= 11 is 1.67. The van der Waals surface area contributed by atoms with E-state index in [1.54, 1.807) is 23.6 Å². The van der Waals surface area contributed by atoms with E-state index in [0.29, 0.717) is 11.3 Å². The van der Waals surface area contributed by atoms with Gasteiger partial charge in [0.1, 0.15) is 6.54 Å². The molecule has 0 aliphatic heterocycles. The summed E-state index contributed by atoms with van der Waals surface area (Å²) in [6, 6.07) is 11.4. The summed E-state index contributed by atoms with van der Waals surface area (Å²) in [7, 11) is 0. The minimum Gasteiger partial charge on any atom is -0.347 e. The van der Waals surface area contributed by atoms with Gasteiger partial charge in [-0.05, 0) is 36.3 Å². The Kier molecular flexibility index (Phi) is 4.84. The molecule has 0 radical (unpaired) electrons. The number of rotatable bonds is 5. The molecule has 2 heterocycles. The van der Waals surface area contributed by atoms with Crippen molar-refractivity contribution in [2.24, 2.45) is 5.92 Å². The Hall–Kier alpha value is -2.47. The van der Waals surface area contributed by atoms with Gasteiger partial charge >= 0.3 is 0 Å². The van der Waals surface area contributed by atoms with Crippen molar-refractivity contribution in [3.8, 4) is 0 Å². The van der Waals surface area contributed by atoms with Crippen LogP contribution >= 0.6 is 11.3 Å². The Morgan fingerprint density at radius 1 is 1.23 bits per heavy atom. The first-order chi connectivity index (χ1) is 12.7. The number of nitrogens with zero attached hydrogens (tertiary/aromatic N) is 2. The van der Waals surface area contributed by atoms with Crippen LogP contribution in [0, 0.1) is 5.92 Å². The Balaban J connectivity index is 1.54. The molecule has 5 nitrogen and oxygen atoms in total. The van der Waals surface area contributed by atoms with Crippen molar-refractivity contribution < 1.29 is 4.79 Å². The van der Waals surface area contributed by atoms with Crippen LogP contribution in [0.5, 0.6) is 0 Å². The van der Waals surface area contributed by atoms with Crippen molar-refractivity contribution in [1.82, 2.24) is 15.1 Å². The van der Waals surface area contributed by atoms with Crippen molar-refractivity contribution in [3.05, 3.63) is 63.2 Å². The second-order valence-electron chi connectivity index (χ2n) is 6.80. The molecule has 0 spiro atoms. The maximum atomic E-state index is 12.7. The fraction of sp³-hybridized carbons (Fsp3) is 0.350. The molecule has 1 fully saturated rings. The van der Waals surface area contributed by atoms with Gasteiger partial charge in [-0.25, -0.2) is 4.68 Å². The van der Waals surface area contributed by atoms with E-state index in [1.165, 1.54) is 22.4 Å². The first kappa shape index (κ1) is 17.0. The maximum Gasteiger partial charge on any atom is 0.275 e. The Morgan fingerprint density at radius 2 is 2.04 bits per heavy atom. The molecule has 0 saturated heterocycles. The van der Waals surface area contributed by atoms with E-state index in [9.17, 15) is 9.59 Å². The van der Waals surface area contributed by atoms with Crippen molar-refractivity contribution in [3.63, 3.8) is 0 Å². The molecule has 1 amide bonds. The third kappa shape index (κ3) is 3.42. The summed E-state index contributed by atoms with van der Waals surface area (Å²) in [5, 5.41) is 10.7. The van der Waals surface area contributed by atoms with Gasteiger partial charge in [-0.1, -0.05) is 37.1 Å². The van der Waals surface area contributed by atoms with Crippen molar-refractivity contribution in [1.29, 1.82) is 0 Å². The molecule has 6 heteroatoms. The lowest BCUT2D eigenvalue weighted by Gasteiger charge is -2.24. The van der Waals surface area contributed by atoms with Gasteiger partial charge in [0.2, 0.25) is 5.91 Å². The third-order valence-corrected chi connectivity index (χ3v) is 6.05. The summed E-state index contributed by atoms with van der Waals surface area (Å²) in [4.78, 5) is 26.4. The van der Waals surface area contributed by atoms with Gasteiger partial charge in [0.05, 0.1) is 17.6 Å². The maximum absolute atomic E-state index is 12.7. The zero-order chi connectivity index (χ0) is 17.9. The van der Waals surface area contributed by atoms with Gasteiger partial charge in [0.25, 0.3) is 5.56 Å². The van der Waals surface area contributed by atoms with Crippen LogP contribution in [0.4, 0.5) is 0 Å². The summed E-state index contributed by atoms with van der Waals surface area (Å²) in [6.45, 7) is -0.0573. The second kappa shape index (κ2) is 7.41. The van der Waals surface area contributed by atoms with E-state index in [0.717, 1.165) is 18.2 Å². The first-order valence-electron chi connectivity index (χ1n) is 9.00. The highest BCUT2D eigenvalue weighted by atomic mass is 32.1. The normalized spacial score (nSPS) is 16.0. The van der Waals surface area contributed by atoms with Crippen LogP contribution in [0.3, 0.4) is 0 Å². The number of nitrogens with one attached hydrogen (secondary N) is 1. The lowest BCUT2D eigenvalue weighted by atomic mass is 9.96. The molecular formula is C20H21N3O2S. The Labute approximate surface area is 155 Å². The topological polar surface area (TPSA) is 64.0 Å². The minimum absolute atomic E-state index is 0.0289. The first-order valence-corrected chi connectivity index (χ1v) is 9.88. The second-order valence-corrected chi connectivity index (χ2v) is 7.78. The fourth-order valence-electron chi connectivity index (χ4n) is 3.78. The Bertz CT molecular complexity index is 959. The van der Waals surface area contributed by atoms with E-state index in [1.807, 2.05) is 29.6 Å². The lowest BCUT2D eigenvalue weighted by Crippen LogP contribution is -2.37. The summed E-state index contributed by atoms with van der Waals surface area (Å²) in [6.07, 6.45) is 6.34. The molecule has 1 atom stereocenters. The fourth-order valence-corrected chi connectivity index (χ4v) is 4.65. The number of carbonyl (C=O) groups is 1. The molecule has 26 heavy (non-hydrogen) atoms. The average molecular weight is 367 g/mol. The van der Waals surface area contributed by atoms with Crippen LogP contribution in [-0.2, 0) is 11.3 Å². The summed E-state index contributed by atoms with van der Waals surface area (Å²) < 4.78 is 1.25. The predicted molar refractivity (Wildman–Crippen MR) is 103 cm³/mol. The number of aromatic nitrogens is 2. The largest absolute Gasteiger partial charge is 0.347 e. The minimum atomic E-state index is -0.230. The zero-order valence-electron chi connectivity index (χ0n) is 14.4. The smallest absolute Gasteiger partial charge is 0.275 e. The van der Waals surface area contributed by atoms with E-state index < -0.39 is 0 Å². The molecule has 3 aromatic rings. The molecule has 4 rings (SSSR count). The number of carbonyl (C=O) groups excluding carboxylic acids is 1. The average Bonchev–Trinajstić information content (AvgIpc) is 3.36. The SMILES string of the molecule is O=C(Cn1ncc2ccccc2c1=O)N[C@@H](c1cccs1)C1CCCC1. The zero-order valence-corrected chi connectivity index (χ0v) is 15.2. The van der Waals surface area contributed by atoms with Crippen molar-refractivity contribution >= 4 is 28.0 Å². The molecule has 134 valence electrons. The van der Waals surface area contributed by atoms with E-state index in [4.69, 9.17) is 0 Å². The number of fused-ring (bicyclic) bond motifs is 1. The van der Waals surface area contributed by atoms with Gasteiger partial charge in [-0.3, -0.25) is 9.59 Å². The van der Waals surface area contributed by atoms with Gasteiger partial charge < -0.3 is 5.32 Å². The van der Waals surface area contributed by atoms with Gasteiger partial charge in [0, 0.05) is 10.3 Å². The molecule has 1 N–H and O–H groups in total. The van der Waals surface area contributed by atoms with Crippen molar-refractivity contribution in [2.45, 2.75) is 38.3 Å². The van der Waals surface area contributed by atoms with E-state index in [2.05, 4.69) is 16.5 Å². The van der Waals surface area contributed by atoms with Gasteiger partial charge in [-0.2, -0.15) is 5.10 Å². The molecule has 1 saturated carbocycles. The number of amides is 1. The van der Waals surface area contributed by atoms with Crippen LogP contribution in [0.15, 0.2) is 52.8 Å². The standard InChI is InChI=1S/C20H21N3O2S/c24-18(13-23-20(25)16-9-4-3-8-15(16)12-21-23)22-19(14-6-1-2-7-14)17-10-5-11-26-17/h3-5,8-12,14,19H,1-2,6-7,13H2,(H,22,24)/t19-/m1/s1. The predicted octanol–water partition coefficient (Wildman–Crippen LogP) is 3.51. The van der Waals surface area contributed by atoms with Gasteiger partial charge in [0.15, 0.2) is 0 Å². The van der Waals surface area contributed by atoms with E-state index in [-0.39, 0.29) is 24.1 Å². The highest BCUT2D eigenvalue weighted by Gasteiger charge is 2.28.